The molecular formula is C16H22N6OS. The quantitative estimate of drug-likeness (QED) is 0.784. The summed E-state index contributed by atoms with van der Waals surface area (Å²) in [6.07, 6.45) is 5.52. The van der Waals surface area contributed by atoms with Gasteiger partial charge < -0.3 is 5.11 Å². The van der Waals surface area contributed by atoms with Gasteiger partial charge in [0, 0.05) is 31.2 Å². The highest BCUT2D eigenvalue weighted by atomic mass is 32.1. The highest BCUT2D eigenvalue weighted by molar-refractivity contribution is 7.15. The van der Waals surface area contributed by atoms with Gasteiger partial charge in [-0.1, -0.05) is 5.21 Å². The van der Waals surface area contributed by atoms with Gasteiger partial charge in [0.2, 0.25) is 0 Å². The van der Waals surface area contributed by atoms with Crippen LogP contribution in [0.3, 0.4) is 0 Å². The van der Waals surface area contributed by atoms with Crippen molar-refractivity contribution in [2.45, 2.75) is 45.4 Å². The molecule has 1 saturated heterocycles. The Morgan fingerprint density at radius 3 is 2.88 bits per heavy atom. The average molecular weight is 346 g/mol. The van der Waals surface area contributed by atoms with E-state index < -0.39 is 6.10 Å². The predicted octanol–water partition coefficient (Wildman–Crippen LogP) is 2.19. The van der Waals surface area contributed by atoms with E-state index >= 15 is 0 Å². The van der Waals surface area contributed by atoms with Crippen molar-refractivity contribution in [3.8, 4) is 0 Å². The Kier molecular flexibility index (Phi) is 4.11. The van der Waals surface area contributed by atoms with E-state index in [1.165, 1.54) is 5.69 Å². The third-order valence-electron chi connectivity index (χ3n) is 4.82. The summed E-state index contributed by atoms with van der Waals surface area (Å²) in [5, 5.41) is 19.9. The minimum Gasteiger partial charge on any atom is -0.387 e. The molecule has 0 spiro atoms. The summed E-state index contributed by atoms with van der Waals surface area (Å²) in [5.41, 5.74) is 3.07. The van der Waals surface area contributed by atoms with Crippen LogP contribution in [0.5, 0.6) is 0 Å². The van der Waals surface area contributed by atoms with Crippen LogP contribution in [0.15, 0.2) is 17.8 Å². The van der Waals surface area contributed by atoms with Crippen LogP contribution in [0.1, 0.15) is 49.0 Å². The molecule has 3 aromatic rings. The molecule has 3 aromatic heterocycles. The van der Waals surface area contributed by atoms with Crippen molar-refractivity contribution in [2.24, 2.45) is 0 Å². The molecule has 1 fully saturated rings. The van der Waals surface area contributed by atoms with Crippen molar-refractivity contribution in [2.75, 3.05) is 13.1 Å². The predicted molar refractivity (Wildman–Crippen MR) is 92.0 cm³/mol. The zero-order valence-corrected chi connectivity index (χ0v) is 14.8. The van der Waals surface area contributed by atoms with Crippen molar-refractivity contribution in [1.82, 2.24) is 29.3 Å². The number of rotatable bonds is 4. The minimum absolute atomic E-state index is 0.369. The van der Waals surface area contributed by atoms with Crippen LogP contribution in [0.25, 0.3) is 4.96 Å². The molecule has 0 aliphatic carbocycles. The third-order valence-corrected chi connectivity index (χ3v) is 5.58. The zero-order chi connectivity index (χ0) is 16.7. The Morgan fingerprint density at radius 1 is 1.38 bits per heavy atom. The second-order valence-corrected chi connectivity index (χ2v) is 7.38. The fraction of sp³-hybridized carbons (Fsp3) is 0.562. The van der Waals surface area contributed by atoms with Gasteiger partial charge in [-0.2, -0.15) is 0 Å². The third kappa shape index (κ3) is 2.85. The van der Waals surface area contributed by atoms with Crippen molar-refractivity contribution in [1.29, 1.82) is 0 Å². The van der Waals surface area contributed by atoms with Gasteiger partial charge in [0.15, 0.2) is 4.96 Å². The molecule has 7 nitrogen and oxygen atoms in total. The van der Waals surface area contributed by atoms with Gasteiger partial charge in [-0.15, -0.1) is 16.4 Å². The normalized spacial score (nSPS) is 18.5. The molecule has 24 heavy (non-hydrogen) atoms. The van der Waals surface area contributed by atoms with Crippen LogP contribution in [0.4, 0.5) is 0 Å². The van der Waals surface area contributed by atoms with Crippen LogP contribution in [-0.4, -0.2) is 47.5 Å². The monoisotopic (exact) mass is 346 g/mol. The van der Waals surface area contributed by atoms with Gasteiger partial charge in [0.25, 0.3) is 0 Å². The second-order valence-electron chi connectivity index (χ2n) is 6.51. The first kappa shape index (κ1) is 15.7. The number of nitrogens with zero attached hydrogens (tertiary/aromatic N) is 6. The van der Waals surface area contributed by atoms with Crippen LogP contribution in [-0.2, 0) is 6.54 Å². The fourth-order valence-electron chi connectivity index (χ4n) is 3.35. The Morgan fingerprint density at radius 2 is 2.17 bits per heavy atom. The van der Waals surface area contributed by atoms with Crippen molar-refractivity contribution < 1.29 is 5.11 Å². The van der Waals surface area contributed by atoms with Gasteiger partial charge in [-0.25, -0.2) is 9.67 Å². The molecule has 1 N–H and O–H groups in total. The van der Waals surface area contributed by atoms with E-state index in [9.17, 15) is 5.11 Å². The van der Waals surface area contributed by atoms with Gasteiger partial charge >= 0.3 is 0 Å². The summed E-state index contributed by atoms with van der Waals surface area (Å²) in [5.74, 6) is 0. The smallest absolute Gasteiger partial charge is 0.194 e. The maximum atomic E-state index is 9.58. The Balaban J connectivity index is 1.40. The largest absolute Gasteiger partial charge is 0.387 e. The van der Waals surface area contributed by atoms with E-state index in [1.54, 1.807) is 18.3 Å². The van der Waals surface area contributed by atoms with E-state index in [-0.39, 0.29) is 0 Å². The van der Waals surface area contributed by atoms with Crippen molar-refractivity contribution in [3.63, 3.8) is 0 Å². The van der Waals surface area contributed by atoms with Crippen LogP contribution < -0.4 is 0 Å². The van der Waals surface area contributed by atoms with Crippen molar-refractivity contribution >= 4 is 16.3 Å². The summed E-state index contributed by atoms with van der Waals surface area (Å²) < 4.78 is 4.12. The molecule has 1 aliphatic rings. The number of hydrogen-bond donors (Lipinski definition) is 1. The highest BCUT2D eigenvalue weighted by Crippen LogP contribution is 2.25. The molecule has 0 aromatic carbocycles. The van der Waals surface area contributed by atoms with Crippen LogP contribution >= 0.6 is 11.3 Å². The molecule has 0 bridgehead atoms. The zero-order valence-electron chi connectivity index (χ0n) is 14.0. The number of aromatic nitrogens is 5. The number of aliphatic hydroxyl groups excluding tert-OH is 1. The molecule has 0 amide bonds. The highest BCUT2D eigenvalue weighted by Gasteiger charge is 2.23. The summed E-state index contributed by atoms with van der Waals surface area (Å²) in [4.78, 5) is 8.19. The second kappa shape index (κ2) is 6.27. The summed E-state index contributed by atoms with van der Waals surface area (Å²) in [6, 6.07) is 0.369. The molecule has 4 heterocycles. The van der Waals surface area contributed by atoms with E-state index in [2.05, 4.69) is 43.1 Å². The Labute approximate surface area is 144 Å². The van der Waals surface area contributed by atoms with Gasteiger partial charge in [-0.3, -0.25) is 9.30 Å². The molecule has 4 rings (SSSR count). The topological polar surface area (TPSA) is 71.5 Å². The molecule has 1 aliphatic heterocycles. The number of imidazole rings is 1. The lowest BCUT2D eigenvalue weighted by molar-refractivity contribution is 0.170. The van der Waals surface area contributed by atoms with E-state index in [4.69, 9.17) is 0 Å². The summed E-state index contributed by atoms with van der Waals surface area (Å²) in [7, 11) is 0. The lowest BCUT2D eigenvalue weighted by Gasteiger charge is -2.31. The lowest BCUT2D eigenvalue weighted by Crippen LogP contribution is -2.34. The molecule has 128 valence electrons. The maximum absolute atomic E-state index is 9.58. The molecule has 0 unspecified atom stereocenters. The van der Waals surface area contributed by atoms with E-state index in [0.29, 0.717) is 11.7 Å². The Hall–Kier alpha value is -1.77. The SMILES string of the molecule is Cc1nc2sccn2c1CN1CCC(n2cc([C@@H](C)O)nn2)CC1. The first-order valence-corrected chi connectivity index (χ1v) is 9.23. The minimum atomic E-state index is -0.559. The van der Waals surface area contributed by atoms with Crippen molar-refractivity contribution in [3.05, 3.63) is 34.9 Å². The molecule has 8 heteroatoms. The maximum Gasteiger partial charge on any atom is 0.194 e. The number of piperidine rings is 1. The summed E-state index contributed by atoms with van der Waals surface area (Å²) >= 11 is 1.68. The number of likely N-dealkylation sites (tertiary alicyclic amines) is 1. The Bertz CT molecular complexity index is 827. The van der Waals surface area contributed by atoms with E-state index in [0.717, 1.165) is 43.1 Å². The van der Waals surface area contributed by atoms with E-state index in [1.807, 2.05) is 10.9 Å². The van der Waals surface area contributed by atoms with Gasteiger partial charge in [0.1, 0.15) is 5.69 Å². The number of aliphatic hydroxyl groups is 1. The van der Waals surface area contributed by atoms with Gasteiger partial charge in [0.05, 0.1) is 29.7 Å². The first-order chi connectivity index (χ1) is 11.6. The standard InChI is InChI=1S/C16H22N6OS/c1-11-15(21-7-8-24-16(21)17-11)10-20-5-3-13(4-6-20)22-9-14(12(2)23)18-19-22/h7-9,12-13,23H,3-6,10H2,1-2H3/t12-/m1/s1. The average Bonchev–Trinajstić information content (AvgIpc) is 3.27. The number of fused-ring (bicyclic) bond motifs is 1. The molecule has 1 atom stereocenters. The van der Waals surface area contributed by atoms with Crippen LogP contribution in [0, 0.1) is 6.92 Å². The van der Waals surface area contributed by atoms with Crippen LogP contribution in [0.2, 0.25) is 0 Å². The lowest BCUT2D eigenvalue weighted by atomic mass is 10.0. The fourth-order valence-corrected chi connectivity index (χ4v) is 4.12. The van der Waals surface area contributed by atoms with Gasteiger partial charge in [-0.05, 0) is 26.7 Å². The molecular weight excluding hydrogens is 324 g/mol. The summed E-state index contributed by atoms with van der Waals surface area (Å²) in [6.45, 7) is 6.81. The number of thiazole rings is 1. The molecule has 0 saturated carbocycles. The molecule has 0 radical (unpaired) electrons. The number of aryl methyl sites for hydroxylation is 1. The first-order valence-electron chi connectivity index (χ1n) is 8.35. The number of hydrogen-bond acceptors (Lipinski definition) is 6.